The molecule has 7 heteroatoms. The zero-order valence-electron chi connectivity index (χ0n) is 10.8. The van der Waals surface area contributed by atoms with Gasteiger partial charge in [0.15, 0.2) is 0 Å². The number of aliphatic hydroxyl groups is 1. The Morgan fingerprint density at radius 1 is 1.30 bits per heavy atom. The number of alkyl halides is 2. The first-order valence-electron chi connectivity index (χ1n) is 6.34. The monoisotopic (exact) mass is 324 g/mol. The Morgan fingerprint density at radius 3 is 2.55 bits per heavy atom. The van der Waals surface area contributed by atoms with E-state index < -0.39 is 18.6 Å². The summed E-state index contributed by atoms with van der Waals surface area (Å²) in [5, 5.41) is 12.7. The zero-order valence-corrected chi connectivity index (χ0v) is 12.3. The lowest BCUT2D eigenvalue weighted by Crippen LogP contribution is -2.51. The number of nitrogens with one attached hydrogen (secondary N) is 1. The van der Waals surface area contributed by atoms with Crippen molar-refractivity contribution in [1.82, 2.24) is 10.2 Å². The van der Waals surface area contributed by atoms with Crippen LogP contribution in [-0.2, 0) is 0 Å². The highest BCUT2D eigenvalue weighted by molar-refractivity contribution is 6.33. The van der Waals surface area contributed by atoms with Gasteiger partial charge in [0.2, 0.25) is 0 Å². The van der Waals surface area contributed by atoms with Gasteiger partial charge in [-0.3, -0.25) is 4.90 Å². The van der Waals surface area contributed by atoms with Gasteiger partial charge in [0.05, 0.1) is 0 Å². The van der Waals surface area contributed by atoms with Crippen LogP contribution in [0.15, 0.2) is 18.2 Å². The first-order chi connectivity index (χ1) is 9.45. The Kier molecular flexibility index (Phi) is 5.20. The molecule has 2 N–H and O–H groups in total. The Morgan fingerprint density at radius 2 is 1.95 bits per heavy atom. The molecule has 2 rings (SSSR count). The van der Waals surface area contributed by atoms with E-state index in [1.807, 2.05) is 0 Å². The minimum Gasteiger partial charge on any atom is -0.390 e. The molecule has 1 aromatic carbocycles. The Labute approximate surface area is 126 Å². The van der Waals surface area contributed by atoms with Crippen molar-refractivity contribution >= 4 is 23.2 Å². The van der Waals surface area contributed by atoms with Gasteiger partial charge >= 0.3 is 0 Å². The van der Waals surface area contributed by atoms with Crippen molar-refractivity contribution in [2.45, 2.75) is 12.0 Å². The lowest BCUT2D eigenvalue weighted by atomic mass is 9.98. The van der Waals surface area contributed by atoms with Crippen molar-refractivity contribution in [3.05, 3.63) is 33.8 Å². The molecule has 1 fully saturated rings. The molecule has 0 amide bonds. The number of halogens is 4. The normalized spacial score (nSPS) is 19.1. The van der Waals surface area contributed by atoms with E-state index in [0.29, 0.717) is 31.2 Å². The summed E-state index contributed by atoms with van der Waals surface area (Å²) in [7, 11) is 0. The molecule has 0 spiro atoms. The van der Waals surface area contributed by atoms with Gasteiger partial charge in [0.25, 0.3) is 5.92 Å². The van der Waals surface area contributed by atoms with Crippen LogP contribution in [0.5, 0.6) is 0 Å². The van der Waals surface area contributed by atoms with Gasteiger partial charge in [0.1, 0.15) is 12.6 Å². The maximum Gasteiger partial charge on any atom is 0.289 e. The fourth-order valence-electron chi connectivity index (χ4n) is 2.44. The maximum atomic E-state index is 14.2. The third-order valence-electron chi connectivity index (χ3n) is 3.38. The molecule has 0 saturated carbocycles. The lowest BCUT2D eigenvalue weighted by molar-refractivity contribution is -0.118. The van der Waals surface area contributed by atoms with Crippen LogP contribution in [0.2, 0.25) is 10.0 Å². The number of piperazine rings is 1. The summed E-state index contributed by atoms with van der Waals surface area (Å²) in [5.41, 5.74) is 0.250. The fourth-order valence-corrected chi connectivity index (χ4v) is 2.84. The standard InChI is InChI=1S/C13H16Cl2F2N2O/c14-9-1-2-11(15)10(7-9)12(13(16,17)8-20)19-5-3-18-4-6-19/h1-2,7,12,18,20H,3-6,8H2/t12-/m0/s1. The number of rotatable bonds is 4. The summed E-state index contributed by atoms with van der Waals surface area (Å²) in [6.07, 6.45) is 0. The van der Waals surface area contributed by atoms with E-state index in [9.17, 15) is 8.78 Å². The van der Waals surface area contributed by atoms with Crippen molar-refractivity contribution in [3.8, 4) is 0 Å². The topological polar surface area (TPSA) is 35.5 Å². The predicted molar refractivity (Wildman–Crippen MR) is 75.7 cm³/mol. The van der Waals surface area contributed by atoms with Crippen LogP contribution in [-0.4, -0.2) is 48.7 Å². The van der Waals surface area contributed by atoms with Gasteiger partial charge in [0, 0.05) is 36.2 Å². The highest BCUT2D eigenvalue weighted by atomic mass is 35.5. The molecule has 1 saturated heterocycles. The van der Waals surface area contributed by atoms with Crippen LogP contribution < -0.4 is 5.32 Å². The third-order valence-corrected chi connectivity index (χ3v) is 3.96. The molecule has 0 unspecified atom stereocenters. The number of hydrogen-bond donors (Lipinski definition) is 2. The molecule has 1 aliphatic rings. The highest BCUT2D eigenvalue weighted by Crippen LogP contribution is 2.40. The molecule has 112 valence electrons. The highest BCUT2D eigenvalue weighted by Gasteiger charge is 2.44. The first kappa shape index (κ1) is 15.9. The number of nitrogens with zero attached hydrogens (tertiary/aromatic N) is 1. The molecule has 1 aromatic rings. The van der Waals surface area contributed by atoms with E-state index in [4.69, 9.17) is 28.3 Å². The van der Waals surface area contributed by atoms with Crippen LogP contribution in [0, 0.1) is 0 Å². The van der Waals surface area contributed by atoms with Crippen LogP contribution in [0.25, 0.3) is 0 Å². The molecule has 3 nitrogen and oxygen atoms in total. The molecule has 0 aromatic heterocycles. The minimum atomic E-state index is -3.29. The quantitative estimate of drug-likeness (QED) is 0.893. The smallest absolute Gasteiger partial charge is 0.289 e. The molecule has 0 bridgehead atoms. The van der Waals surface area contributed by atoms with Crippen molar-refractivity contribution in [2.75, 3.05) is 32.8 Å². The summed E-state index contributed by atoms with van der Waals surface area (Å²) in [6, 6.07) is 3.22. The molecule has 1 aliphatic heterocycles. The van der Waals surface area contributed by atoms with Crippen molar-refractivity contribution in [3.63, 3.8) is 0 Å². The molecule has 0 radical (unpaired) electrons. The summed E-state index contributed by atoms with van der Waals surface area (Å²) in [4.78, 5) is 1.63. The first-order valence-corrected chi connectivity index (χ1v) is 7.09. The van der Waals surface area contributed by atoms with Gasteiger partial charge in [-0.1, -0.05) is 23.2 Å². The summed E-state index contributed by atoms with van der Waals surface area (Å²) in [5.74, 6) is -3.29. The van der Waals surface area contributed by atoms with Gasteiger partial charge in [-0.2, -0.15) is 0 Å². The second-order valence-electron chi connectivity index (χ2n) is 4.77. The summed E-state index contributed by atoms with van der Waals surface area (Å²) < 4.78 is 28.4. The number of hydrogen-bond acceptors (Lipinski definition) is 3. The largest absolute Gasteiger partial charge is 0.390 e. The van der Waals surface area contributed by atoms with E-state index in [-0.39, 0.29) is 10.6 Å². The van der Waals surface area contributed by atoms with Gasteiger partial charge in [-0.05, 0) is 23.8 Å². The second-order valence-corrected chi connectivity index (χ2v) is 5.62. The number of aliphatic hydroxyl groups excluding tert-OH is 1. The fraction of sp³-hybridized carbons (Fsp3) is 0.538. The van der Waals surface area contributed by atoms with Crippen molar-refractivity contribution < 1.29 is 13.9 Å². The van der Waals surface area contributed by atoms with Gasteiger partial charge in [-0.25, -0.2) is 8.78 Å². The van der Waals surface area contributed by atoms with Gasteiger partial charge < -0.3 is 10.4 Å². The minimum absolute atomic E-state index is 0.228. The Hall–Kier alpha value is -0.460. The Bertz CT molecular complexity index is 468. The van der Waals surface area contributed by atoms with Gasteiger partial charge in [-0.15, -0.1) is 0 Å². The molecule has 20 heavy (non-hydrogen) atoms. The van der Waals surface area contributed by atoms with Crippen LogP contribution in [0.4, 0.5) is 8.78 Å². The zero-order chi connectivity index (χ0) is 14.8. The van der Waals surface area contributed by atoms with Crippen LogP contribution >= 0.6 is 23.2 Å². The van der Waals surface area contributed by atoms with Crippen LogP contribution in [0.3, 0.4) is 0 Å². The molecule has 1 heterocycles. The molecule has 1 atom stereocenters. The van der Waals surface area contributed by atoms with E-state index in [1.54, 1.807) is 11.0 Å². The lowest BCUT2D eigenvalue weighted by Gasteiger charge is -2.39. The number of benzene rings is 1. The van der Waals surface area contributed by atoms with E-state index >= 15 is 0 Å². The second kappa shape index (κ2) is 6.54. The molecular formula is C13H16Cl2F2N2O. The van der Waals surface area contributed by atoms with Crippen LogP contribution in [0.1, 0.15) is 11.6 Å². The average molecular weight is 325 g/mol. The third kappa shape index (κ3) is 3.40. The maximum absolute atomic E-state index is 14.2. The van der Waals surface area contributed by atoms with Crippen molar-refractivity contribution in [2.24, 2.45) is 0 Å². The average Bonchev–Trinajstić information content (AvgIpc) is 2.44. The van der Waals surface area contributed by atoms with E-state index in [1.165, 1.54) is 12.1 Å². The van der Waals surface area contributed by atoms with E-state index in [2.05, 4.69) is 5.32 Å². The summed E-state index contributed by atoms with van der Waals surface area (Å²) in [6.45, 7) is 0.934. The molecular weight excluding hydrogens is 309 g/mol. The SMILES string of the molecule is OCC(F)(F)[C@H](c1cc(Cl)ccc1Cl)N1CCNCC1. The van der Waals surface area contributed by atoms with Crippen molar-refractivity contribution in [1.29, 1.82) is 0 Å². The summed E-state index contributed by atoms with van der Waals surface area (Å²) >= 11 is 12.0. The predicted octanol–water partition coefficient (Wildman–Crippen LogP) is 2.57. The van der Waals surface area contributed by atoms with E-state index in [0.717, 1.165) is 0 Å². The molecule has 0 aliphatic carbocycles. The Balaban J connectivity index is 2.42.